The van der Waals surface area contributed by atoms with Crippen LogP contribution in [0, 0.1) is 5.82 Å². The van der Waals surface area contributed by atoms with Crippen molar-refractivity contribution in [1.29, 1.82) is 0 Å². The van der Waals surface area contributed by atoms with Crippen LogP contribution in [-0.2, 0) is 21.2 Å². The zero-order chi connectivity index (χ0) is 20.4. The summed E-state index contributed by atoms with van der Waals surface area (Å²) in [6.45, 7) is -0.195. The molecule has 1 fully saturated rings. The maximum absolute atomic E-state index is 13.1. The Balaban J connectivity index is 1.56. The van der Waals surface area contributed by atoms with Crippen molar-refractivity contribution >= 4 is 21.4 Å². The number of hydrogen-bond donors (Lipinski definition) is 0. The monoisotopic (exact) mass is 415 g/mol. The first-order chi connectivity index (χ1) is 13.9. The number of aromatic nitrogens is 4. The quantitative estimate of drug-likeness (QED) is 0.629. The van der Waals surface area contributed by atoms with Crippen LogP contribution in [-0.4, -0.2) is 52.1 Å². The Hall–Kier alpha value is -3.14. The zero-order valence-corrected chi connectivity index (χ0v) is 16.2. The van der Waals surface area contributed by atoms with E-state index in [1.807, 2.05) is 6.07 Å². The number of para-hydroxylation sites is 1. The molecule has 1 aliphatic heterocycles. The van der Waals surface area contributed by atoms with Crippen LogP contribution in [0.2, 0.25) is 0 Å². The van der Waals surface area contributed by atoms with E-state index in [9.17, 15) is 17.6 Å². The van der Waals surface area contributed by atoms with Gasteiger partial charge in [-0.3, -0.25) is 4.79 Å². The molecule has 1 aromatic heterocycles. The van der Waals surface area contributed by atoms with Crippen molar-refractivity contribution in [2.75, 3.05) is 16.4 Å². The summed E-state index contributed by atoms with van der Waals surface area (Å²) >= 11 is 0. The van der Waals surface area contributed by atoms with Gasteiger partial charge < -0.3 is 4.90 Å². The minimum absolute atomic E-state index is 0.0601. The van der Waals surface area contributed by atoms with E-state index in [4.69, 9.17) is 0 Å². The van der Waals surface area contributed by atoms with Gasteiger partial charge in [-0.1, -0.05) is 18.2 Å². The molecule has 8 nitrogen and oxygen atoms in total. The van der Waals surface area contributed by atoms with Crippen molar-refractivity contribution < 1.29 is 17.6 Å². The molecule has 10 heteroatoms. The van der Waals surface area contributed by atoms with E-state index in [1.165, 1.54) is 29.2 Å². The van der Waals surface area contributed by atoms with Gasteiger partial charge in [0.2, 0.25) is 5.82 Å². The van der Waals surface area contributed by atoms with E-state index in [0.717, 1.165) is 4.80 Å². The first kappa shape index (κ1) is 19.2. The summed E-state index contributed by atoms with van der Waals surface area (Å²) in [6, 6.07) is 14.1. The fraction of sp³-hybridized carbons (Fsp3) is 0.263. The number of amides is 1. The van der Waals surface area contributed by atoms with Crippen molar-refractivity contribution in [2.24, 2.45) is 0 Å². The molecule has 0 radical (unpaired) electrons. The van der Waals surface area contributed by atoms with Gasteiger partial charge >= 0.3 is 0 Å². The van der Waals surface area contributed by atoms with Crippen LogP contribution in [0.5, 0.6) is 0 Å². The first-order valence-electron chi connectivity index (χ1n) is 9.02. The third-order valence-corrected chi connectivity index (χ3v) is 6.46. The molecule has 3 aromatic rings. The summed E-state index contributed by atoms with van der Waals surface area (Å²) in [5, 5.41) is 12.0. The van der Waals surface area contributed by atoms with Crippen LogP contribution in [0.1, 0.15) is 6.42 Å². The van der Waals surface area contributed by atoms with Crippen LogP contribution in [0.3, 0.4) is 0 Å². The van der Waals surface area contributed by atoms with Gasteiger partial charge in [0.15, 0.2) is 9.84 Å². The first-order valence-corrected chi connectivity index (χ1v) is 10.8. The average molecular weight is 415 g/mol. The van der Waals surface area contributed by atoms with Gasteiger partial charge in [-0.05, 0) is 48.0 Å². The topological polar surface area (TPSA) is 98.1 Å². The lowest BCUT2D eigenvalue weighted by Crippen LogP contribution is -2.43. The number of halogens is 1. The van der Waals surface area contributed by atoms with Crippen LogP contribution >= 0.6 is 0 Å². The number of anilines is 1. The van der Waals surface area contributed by atoms with Gasteiger partial charge in [-0.25, -0.2) is 12.8 Å². The molecule has 1 aliphatic rings. The SMILES string of the molecule is O=C(Cn1nnc(-c2ccc(F)cc2)n1)N(c1ccccc1)[C@H]1CCS(=O)(=O)C1. The second-order valence-electron chi connectivity index (χ2n) is 6.81. The maximum atomic E-state index is 13.1. The lowest BCUT2D eigenvalue weighted by atomic mass is 10.2. The van der Waals surface area contributed by atoms with Gasteiger partial charge in [0.1, 0.15) is 12.4 Å². The average Bonchev–Trinajstić information content (AvgIpc) is 3.30. The van der Waals surface area contributed by atoms with E-state index in [1.54, 1.807) is 24.3 Å². The third kappa shape index (κ3) is 4.32. The van der Waals surface area contributed by atoms with Gasteiger partial charge in [0, 0.05) is 11.3 Å². The Morgan fingerprint density at radius 1 is 1.14 bits per heavy atom. The number of carbonyl (C=O) groups excluding carboxylic acids is 1. The van der Waals surface area contributed by atoms with Crippen molar-refractivity contribution in [3.8, 4) is 11.4 Å². The summed E-state index contributed by atoms with van der Waals surface area (Å²) in [4.78, 5) is 15.7. The second kappa shape index (κ2) is 7.70. The Kier molecular flexibility index (Phi) is 5.10. The van der Waals surface area contributed by atoms with Crippen LogP contribution < -0.4 is 4.90 Å². The van der Waals surface area contributed by atoms with Crippen molar-refractivity contribution in [2.45, 2.75) is 19.0 Å². The zero-order valence-electron chi connectivity index (χ0n) is 15.3. The Bertz CT molecular complexity index is 1120. The molecular weight excluding hydrogens is 397 g/mol. The predicted octanol–water partition coefficient (Wildman–Crippen LogP) is 1.70. The molecular formula is C19H18FN5O3S. The number of tetrazole rings is 1. The van der Waals surface area contributed by atoms with Crippen LogP contribution in [0.4, 0.5) is 10.1 Å². The van der Waals surface area contributed by atoms with E-state index in [2.05, 4.69) is 15.4 Å². The van der Waals surface area contributed by atoms with E-state index >= 15 is 0 Å². The number of rotatable bonds is 5. The lowest BCUT2D eigenvalue weighted by Gasteiger charge is -2.28. The minimum atomic E-state index is -3.17. The standard InChI is InChI=1S/C19H18FN5O3S/c20-15-8-6-14(7-9-15)19-21-23-24(22-19)12-18(26)25(16-4-2-1-3-5-16)17-10-11-29(27,28)13-17/h1-9,17H,10-13H2/t17-/m0/s1. The second-order valence-corrected chi connectivity index (χ2v) is 9.04. The fourth-order valence-corrected chi connectivity index (χ4v) is 5.05. The molecule has 2 aromatic carbocycles. The summed E-state index contributed by atoms with van der Waals surface area (Å²) in [5.74, 6) is -0.445. The van der Waals surface area contributed by atoms with Gasteiger partial charge in [0.05, 0.1) is 17.5 Å². The molecule has 1 atom stereocenters. The molecule has 0 aliphatic carbocycles. The summed E-state index contributed by atoms with van der Waals surface area (Å²) in [6.07, 6.45) is 0.384. The predicted molar refractivity (Wildman–Crippen MR) is 104 cm³/mol. The van der Waals surface area contributed by atoms with Gasteiger partial charge in [0.25, 0.3) is 5.91 Å². The molecule has 2 heterocycles. The molecule has 0 unspecified atom stereocenters. The minimum Gasteiger partial charge on any atom is -0.307 e. The molecule has 0 N–H and O–H groups in total. The van der Waals surface area contributed by atoms with E-state index in [0.29, 0.717) is 17.7 Å². The van der Waals surface area contributed by atoms with Crippen LogP contribution in [0.15, 0.2) is 54.6 Å². The van der Waals surface area contributed by atoms with Crippen molar-refractivity contribution in [3.63, 3.8) is 0 Å². The third-order valence-electron chi connectivity index (χ3n) is 4.71. The maximum Gasteiger partial charge on any atom is 0.250 e. The highest BCUT2D eigenvalue weighted by atomic mass is 32.2. The molecule has 150 valence electrons. The largest absolute Gasteiger partial charge is 0.307 e. The van der Waals surface area contributed by atoms with Crippen LogP contribution in [0.25, 0.3) is 11.4 Å². The number of benzene rings is 2. The summed E-state index contributed by atoms with van der Waals surface area (Å²) in [5.41, 5.74) is 1.20. The summed E-state index contributed by atoms with van der Waals surface area (Å²) in [7, 11) is -3.17. The molecule has 29 heavy (non-hydrogen) atoms. The molecule has 0 spiro atoms. The Morgan fingerprint density at radius 2 is 1.86 bits per heavy atom. The summed E-state index contributed by atoms with van der Waals surface area (Å²) < 4.78 is 37.0. The highest BCUT2D eigenvalue weighted by Gasteiger charge is 2.35. The molecule has 0 saturated carbocycles. The smallest absolute Gasteiger partial charge is 0.250 e. The fourth-order valence-electron chi connectivity index (χ4n) is 3.35. The highest BCUT2D eigenvalue weighted by molar-refractivity contribution is 7.91. The lowest BCUT2D eigenvalue weighted by molar-refractivity contribution is -0.120. The van der Waals surface area contributed by atoms with Crippen molar-refractivity contribution in [3.05, 3.63) is 60.4 Å². The van der Waals surface area contributed by atoms with Gasteiger partial charge in [-0.15, -0.1) is 10.2 Å². The molecule has 1 saturated heterocycles. The number of carbonyl (C=O) groups is 1. The molecule has 1 amide bonds. The van der Waals surface area contributed by atoms with Gasteiger partial charge in [-0.2, -0.15) is 4.80 Å². The molecule has 4 rings (SSSR count). The number of hydrogen-bond acceptors (Lipinski definition) is 6. The van der Waals surface area contributed by atoms with E-state index in [-0.39, 0.29) is 35.6 Å². The Morgan fingerprint density at radius 3 is 2.52 bits per heavy atom. The van der Waals surface area contributed by atoms with E-state index < -0.39 is 15.9 Å². The number of nitrogens with zero attached hydrogens (tertiary/aromatic N) is 5. The number of sulfone groups is 1. The Labute approximate surface area is 166 Å². The van der Waals surface area contributed by atoms with Crippen molar-refractivity contribution in [1.82, 2.24) is 20.2 Å². The normalized spacial score (nSPS) is 17.9. The highest BCUT2D eigenvalue weighted by Crippen LogP contribution is 2.25. The molecule has 0 bridgehead atoms.